The molecule has 2 aromatic heterocycles. The Balaban J connectivity index is 2.10. The van der Waals surface area contributed by atoms with Crippen molar-refractivity contribution in [2.45, 2.75) is 12.5 Å². The average Bonchev–Trinajstić information content (AvgIpc) is 2.75. The molecule has 1 unspecified atom stereocenters. The van der Waals surface area contributed by atoms with Crippen LogP contribution in [0.3, 0.4) is 0 Å². The zero-order valence-electron chi connectivity index (χ0n) is 7.18. The van der Waals surface area contributed by atoms with Gasteiger partial charge in [-0.3, -0.25) is 0 Å². The lowest BCUT2D eigenvalue weighted by Crippen LogP contribution is -2.00. The molecule has 0 bridgehead atoms. The van der Waals surface area contributed by atoms with Gasteiger partial charge in [-0.2, -0.15) is 0 Å². The van der Waals surface area contributed by atoms with E-state index in [9.17, 15) is 5.11 Å². The molecule has 0 saturated heterocycles. The minimum atomic E-state index is -0.561. The van der Waals surface area contributed by atoms with Crippen LogP contribution in [0.1, 0.15) is 16.7 Å². The van der Waals surface area contributed by atoms with Crippen LogP contribution in [0.15, 0.2) is 33.0 Å². The molecule has 0 aliphatic heterocycles. The molecule has 1 atom stereocenters. The molecular formula is C9H8BrNO2S. The van der Waals surface area contributed by atoms with Gasteiger partial charge in [0.25, 0.3) is 0 Å². The highest BCUT2D eigenvalue weighted by Crippen LogP contribution is 2.27. The molecule has 2 aromatic rings. The minimum absolute atomic E-state index is 0.524. The average molecular weight is 274 g/mol. The van der Waals surface area contributed by atoms with Crippen molar-refractivity contribution in [3.05, 3.63) is 39.1 Å². The van der Waals surface area contributed by atoms with Gasteiger partial charge < -0.3 is 9.52 Å². The minimum Gasteiger partial charge on any atom is -0.457 e. The molecule has 5 heteroatoms. The van der Waals surface area contributed by atoms with E-state index >= 15 is 0 Å². The summed E-state index contributed by atoms with van der Waals surface area (Å²) < 4.78 is 5.63. The molecular weight excluding hydrogens is 266 g/mol. The first-order valence-corrected chi connectivity index (χ1v) is 5.74. The monoisotopic (exact) mass is 273 g/mol. The van der Waals surface area contributed by atoms with Crippen LogP contribution in [0.2, 0.25) is 0 Å². The van der Waals surface area contributed by atoms with Crippen molar-refractivity contribution in [1.29, 1.82) is 0 Å². The molecule has 2 heterocycles. The smallest absolute Gasteiger partial charge is 0.174 e. The van der Waals surface area contributed by atoms with Crippen molar-refractivity contribution in [1.82, 2.24) is 4.98 Å². The summed E-state index contributed by atoms with van der Waals surface area (Å²) in [6, 6.07) is 1.75. The van der Waals surface area contributed by atoms with Gasteiger partial charge in [-0.05, 0) is 22.0 Å². The first kappa shape index (κ1) is 9.89. The van der Waals surface area contributed by atoms with Crippen LogP contribution in [-0.4, -0.2) is 10.1 Å². The number of rotatable bonds is 3. The van der Waals surface area contributed by atoms with Crippen LogP contribution in [0.25, 0.3) is 0 Å². The topological polar surface area (TPSA) is 46.3 Å². The number of aliphatic hydroxyl groups excluding tert-OH is 1. The molecule has 0 aromatic carbocycles. The number of halogens is 1. The van der Waals surface area contributed by atoms with Gasteiger partial charge in [-0.15, -0.1) is 11.3 Å². The largest absolute Gasteiger partial charge is 0.457 e. The summed E-state index contributed by atoms with van der Waals surface area (Å²) in [6.07, 6.45) is 3.24. The zero-order chi connectivity index (χ0) is 9.97. The van der Waals surface area contributed by atoms with Crippen molar-refractivity contribution >= 4 is 27.3 Å². The van der Waals surface area contributed by atoms with Crippen molar-refractivity contribution < 1.29 is 9.52 Å². The Labute approximate surface area is 93.5 Å². The second-order valence-corrected chi connectivity index (χ2v) is 4.49. The Hall–Kier alpha value is -0.650. The Bertz CT molecular complexity index is 399. The summed E-state index contributed by atoms with van der Waals surface area (Å²) in [5, 5.41) is 12.7. The molecule has 0 amide bonds. The SMILES string of the molecule is OC(Cc1nccs1)c1ccoc1Br. The van der Waals surface area contributed by atoms with Gasteiger partial charge in [-0.1, -0.05) is 0 Å². The van der Waals surface area contributed by atoms with E-state index in [-0.39, 0.29) is 0 Å². The van der Waals surface area contributed by atoms with Crippen LogP contribution in [0.4, 0.5) is 0 Å². The van der Waals surface area contributed by atoms with E-state index in [1.54, 1.807) is 18.5 Å². The summed E-state index contributed by atoms with van der Waals surface area (Å²) in [5.74, 6) is 0. The third-order valence-electron chi connectivity index (χ3n) is 1.86. The lowest BCUT2D eigenvalue weighted by atomic mass is 10.1. The summed E-state index contributed by atoms with van der Waals surface area (Å²) in [7, 11) is 0. The Morgan fingerprint density at radius 2 is 2.50 bits per heavy atom. The molecule has 14 heavy (non-hydrogen) atoms. The number of thiazole rings is 1. The fourth-order valence-corrected chi connectivity index (χ4v) is 2.33. The van der Waals surface area contributed by atoms with Crippen LogP contribution in [0.5, 0.6) is 0 Å². The zero-order valence-corrected chi connectivity index (χ0v) is 9.59. The van der Waals surface area contributed by atoms with Crippen LogP contribution in [-0.2, 0) is 6.42 Å². The molecule has 0 aliphatic rings. The van der Waals surface area contributed by atoms with Crippen molar-refractivity contribution in [2.75, 3.05) is 0 Å². The Morgan fingerprint density at radius 3 is 3.07 bits per heavy atom. The third kappa shape index (κ3) is 2.05. The van der Waals surface area contributed by atoms with Gasteiger partial charge in [-0.25, -0.2) is 4.98 Å². The molecule has 0 saturated carbocycles. The molecule has 0 radical (unpaired) electrons. The second-order valence-electron chi connectivity index (χ2n) is 2.80. The van der Waals surface area contributed by atoms with Gasteiger partial charge in [0.15, 0.2) is 4.67 Å². The normalized spacial score (nSPS) is 13.0. The standard InChI is InChI=1S/C9H8BrNO2S/c10-9-6(1-3-13-9)7(12)5-8-11-2-4-14-8/h1-4,7,12H,5H2. The Morgan fingerprint density at radius 1 is 1.64 bits per heavy atom. The maximum absolute atomic E-state index is 9.84. The predicted octanol–water partition coefficient (Wildman–Crippen LogP) is 2.77. The van der Waals surface area contributed by atoms with Gasteiger partial charge >= 0.3 is 0 Å². The molecule has 74 valence electrons. The van der Waals surface area contributed by atoms with E-state index in [0.717, 1.165) is 10.6 Å². The third-order valence-corrected chi connectivity index (χ3v) is 3.30. The van der Waals surface area contributed by atoms with Gasteiger partial charge in [0.1, 0.15) is 0 Å². The maximum Gasteiger partial charge on any atom is 0.174 e. The van der Waals surface area contributed by atoms with Crippen molar-refractivity contribution in [3.63, 3.8) is 0 Å². The fourth-order valence-electron chi connectivity index (χ4n) is 1.17. The molecule has 1 N–H and O–H groups in total. The van der Waals surface area contributed by atoms with E-state index in [1.165, 1.54) is 11.3 Å². The Kier molecular flexibility index (Phi) is 3.00. The van der Waals surface area contributed by atoms with Gasteiger partial charge in [0.05, 0.1) is 17.4 Å². The van der Waals surface area contributed by atoms with E-state index in [2.05, 4.69) is 20.9 Å². The number of hydrogen-bond donors (Lipinski definition) is 1. The molecule has 3 nitrogen and oxygen atoms in total. The number of hydrogen-bond acceptors (Lipinski definition) is 4. The molecule has 0 aliphatic carbocycles. The van der Waals surface area contributed by atoms with E-state index in [1.807, 2.05) is 5.38 Å². The van der Waals surface area contributed by atoms with Crippen molar-refractivity contribution in [2.24, 2.45) is 0 Å². The first-order valence-electron chi connectivity index (χ1n) is 4.06. The summed E-state index contributed by atoms with van der Waals surface area (Å²) in [5.41, 5.74) is 0.764. The predicted molar refractivity (Wildman–Crippen MR) is 57.2 cm³/mol. The number of aliphatic hydroxyl groups is 1. The molecule has 2 rings (SSSR count). The molecule has 0 fully saturated rings. The van der Waals surface area contributed by atoms with Gasteiger partial charge in [0.2, 0.25) is 0 Å². The highest BCUT2D eigenvalue weighted by atomic mass is 79.9. The fraction of sp³-hybridized carbons (Fsp3) is 0.222. The lowest BCUT2D eigenvalue weighted by Gasteiger charge is -2.05. The van der Waals surface area contributed by atoms with Crippen LogP contribution in [0, 0.1) is 0 Å². The highest BCUT2D eigenvalue weighted by Gasteiger charge is 2.15. The van der Waals surface area contributed by atoms with E-state index in [4.69, 9.17) is 4.42 Å². The highest BCUT2D eigenvalue weighted by molar-refractivity contribution is 9.10. The van der Waals surface area contributed by atoms with E-state index < -0.39 is 6.10 Å². The summed E-state index contributed by atoms with van der Waals surface area (Å²) in [4.78, 5) is 4.11. The van der Waals surface area contributed by atoms with Gasteiger partial charge in [0, 0.05) is 23.6 Å². The number of furan rings is 1. The second kappa shape index (κ2) is 4.25. The lowest BCUT2D eigenvalue weighted by molar-refractivity contribution is 0.176. The van der Waals surface area contributed by atoms with E-state index in [0.29, 0.717) is 11.1 Å². The maximum atomic E-state index is 9.84. The number of nitrogens with zero attached hydrogens (tertiary/aromatic N) is 1. The summed E-state index contributed by atoms with van der Waals surface area (Å²) in [6.45, 7) is 0. The van der Waals surface area contributed by atoms with Crippen molar-refractivity contribution in [3.8, 4) is 0 Å². The number of aromatic nitrogens is 1. The summed E-state index contributed by atoms with van der Waals surface area (Å²) >= 11 is 4.76. The van der Waals surface area contributed by atoms with Crippen LogP contribution >= 0.6 is 27.3 Å². The quantitative estimate of drug-likeness (QED) is 0.936. The first-order chi connectivity index (χ1) is 6.77. The molecule has 0 spiro atoms. The van der Waals surface area contributed by atoms with Crippen LogP contribution < -0.4 is 0 Å².